The van der Waals surface area contributed by atoms with Gasteiger partial charge in [-0.25, -0.2) is 0 Å². The molecule has 0 spiro atoms. The smallest absolute Gasteiger partial charge is 0.203 e. The maximum Gasteiger partial charge on any atom is 0.203 e. The first kappa shape index (κ1) is 36.3. The molecule has 0 unspecified atom stereocenters. The molecular formula is C41H50O6S. The van der Waals surface area contributed by atoms with Crippen LogP contribution in [0.1, 0.15) is 50.3 Å². The summed E-state index contributed by atoms with van der Waals surface area (Å²) in [6.07, 6.45) is -1.39. The molecule has 0 aliphatic carbocycles. The van der Waals surface area contributed by atoms with Crippen molar-refractivity contribution < 1.29 is 28.8 Å². The van der Waals surface area contributed by atoms with Gasteiger partial charge in [0.15, 0.2) is 0 Å². The summed E-state index contributed by atoms with van der Waals surface area (Å²) in [5, 5.41) is 12.1. The normalized spacial score (nSPS) is 22.6. The van der Waals surface area contributed by atoms with Crippen molar-refractivity contribution >= 4 is 11.8 Å². The van der Waals surface area contributed by atoms with E-state index in [0.717, 1.165) is 21.6 Å². The van der Waals surface area contributed by atoms with Crippen LogP contribution in [0.3, 0.4) is 0 Å². The second-order valence-corrected chi connectivity index (χ2v) is 14.2. The van der Waals surface area contributed by atoms with Crippen LogP contribution < -0.4 is 0 Å². The molecule has 0 amide bonds. The van der Waals surface area contributed by atoms with Crippen molar-refractivity contribution in [3.63, 3.8) is 0 Å². The first-order chi connectivity index (χ1) is 23.3. The fourth-order valence-electron chi connectivity index (χ4n) is 6.31. The summed E-state index contributed by atoms with van der Waals surface area (Å²) in [4.78, 5) is 1.15. The second-order valence-electron chi connectivity index (χ2n) is 13.2. The molecule has 0 aromatic heterocycles. The Bertz CT molecular complexity index is 1470. The second kappa shape index (κ2) is 17.6. The van der Waals surface area contributed by atoms with E-state index in [1.54, 1.807) is 18.9 Å². The summed E-state index contributed by atoms with van der Waals surface area (Å²) in [7, 11) is 1.63. The molecule has 0 bridgehead atoms. The molecule has 1 saturated heterocycles. The third kappa shape index (κ3) is 9.57. The highest BCUT2D eigenvalue weighted by molar-refractivity contribution is 7.99. The van der Waals surface area contributed by atoms with E-state index in [9.17, 15) is 5.11 Å². The highest BCUT2D eigenvalue weighted by Crippen LogP contribution is 2.48. The lowest BCUT2D eigenvalue weighted by Gasteiger charge is -2.54. The van der Waals surface area contributed by atoms with Crippen molar-refractivity contribution in [1.82, 2.24) is 0 Å². The fraction of sp³-hybridized carbons (Fsp3) is 0.415. The van der Waals surface area contributed by atoms with Crippen molar-refractivity contribution in [3.8, 4) is 0 Å². The molecule has 1 heterocycles. The molecule has 4 aromatic rings. The maximum atomic E-state index is 12.1. The van der Waals surface area contributed by atoms with Gasteiger partial charge in [0, 0.05) is 36.0 Å². The predicted octanol–water partition coefficient (Wildman–Crippen LogP) is 8.46. The van der Waals surface area contributed by atoms with Crippen molar-refractivity contribution in [2.75, 3.05) is 12.9 Å². The largest absolute Gasteiger partial charge is 0.385 e. The van der Waals surface area contributed by atoms with Gasteiger partial charge in [-0.2, -0.15) is 0 Å². The lowest BCUT2D eigenvalue weighted by molar-refractivity contribution is -0.375. The standard InChI is InChI=1S/C41H50O6S/c1-31(44-27-32-17-9-5-10-18-32)37(45-28-33-19-11-6-12-20-33)25-35-26-38(46-29-34-21-13-7-14-22-34)39(42)41(43-4,47-35)40(2,3)30-48-36-23-15-8-16-24-36/h5-24,31,35,37-39,42H,25-30H2,1-4H3/t31-,35-,37-,38-,39+,41-/m1/s1. The summed E-state index contributed by atoms with van der Waals surface area (Å²) in [5.41, 5.74) is 2.63. The van der Waals surface area contributed by atoms with Gasteiger partial charge >= 0.3 is 0 Å². The monoisotopic (exact) mass is 670 g/mol. The van der Waals surface area contributed by atoms with Gasteiger partial charge in [-0.05, 0) is 35.7 Å². The minimum Gasteiger partial charge on any atom is -0.385 e. The number of methoxy groups -OCH3 is 1. The zero-order valence-electron chi connectivity index (χ0n) is 28.6. The van der Waals surface area contributed by atoms with Gasteiger partial charge in [0.2, 0.25) is 5.79 Å². The first-order valence-electron chi connectivity index (χ1n) is 16.8. The highest BCUT2D eigenvalue weighted by Gasteiger charge is 2.59. The minimum absolute atomic E-state index is 0.230. The van der Waals surface area contributed by atoms with Crippen LogP contribution in [0.5, 0.6) is 0 Å². The molecule has 6 nitrogen and oxygen atoms in total. The Kier molecular flexibility index (Phi) is 13.3. The number of rotatable bonds is 17. The van der Waals surface area contributed by atoms with Crippen LogP contribution in [0.2, 0.25) is 0 Å². The molecule has 256 valence electrons. The minimum atomic E-state index is -1.34. The van der Waals surface area contributed by atoms with E-state index in [0.29, 0.717) is 38.4 Å². The van der Waals surface area contributed by atoms with Crippen LogP contribution in [0, 0.1) is 5.41 Å². The maximum absolute atomic E-state index is 12.1. The number of hydrogen-bond donors (Lipinski definition) is 1. The van der Waals surface area contributed by atoms with E-state index in [1.165, 1.54) is 0 Å². The Hall–Kier alpha value is -3.01. The molecule has 0 saturated carbocycles. The average Bonchev–Trinajstić information content (AvgIpc) is 3.13. The van der Waals surface area contributed by atoms with Crippen LogP contribution in [0.25, 0.3) is 0 Å². The third-order valence-electron chi connectivity index (χ3n) is 9.16. The topological polar surface area (TPSA) is 66.4 Å². The molecule has 0 radical (unpaired) electrons. The molecule has 7 heteroatoms. The summed E-state index contributed by atoms with van der Waals surface area (Å²) in [5.74, 6) is -0.679. The summed E-state index contributed by atoms with van der Waals surface area (Å²) < 4.78 is 32.8. The number of aliphatic hydroxyl groups is 1. The van der Waals surface area contributed by atoms with E-state index in [4.69, 9.17) is 23.7 Å². The van der Waals surface area contributed by atoms with Crippen molar-refractivity contribution in [3.05, 3.63) is 138 Å². The van der Waals surface area contributed by atoms with Gasteiger partial charge in [0.25, 0.3) is 0 Å². The van der Waals surface area contributed by atoms with Gasteiger partial charge in [-0.3, -0.25) is 0 Å². The van der Waals surface area contributed by atoms with Gasteiger partial charge in [0.1, 0.15) is 6.10 Å². The molecule has 5 rings (SSSR count). The number of thioether (sulfide) groups is 1. The Morgan fingerprint density at radius 2 is 1.27 bits per heavy atom. The van der Waals surface area contributed by atoms with Crippen molar-refractivity contribution in [2.45, 2.75) is 94.6 Å². The van der Waals surface area contributed by atoms with Crippen molar-refractivity contribution in [2.24, 2.45) is 5.41 Å². The molecule has 1 aliphatic rings. The van der Waals surface area contributed by atoms with Crippen LogP contribution in [-0.2, 0) is 43.5 Å². The molecule has 1 fully saturated rings. The zero-order valence-corrected chi connectivity index (χ0v) is 29.4. The Morgan fingerprint density at radius 1 is 0.771 bits per heavy atom. The lowest BCUT2D eigenvalue weighted by atomic mass is 9.76. The van der Waals surface area contributed by atoms with Gasteiger partial charge in [-0.15, -0.1) is 11.8 Å². The highest BCUT2D eigenvalue weighted by atomic mass is 32.2. The van der Waals surface area contributed by atoms with E-state index < -0.39 is 23.4 Å². The van der Waals surface area contributed by atoms with E-state index in [2.05, 4.69) is 57.2 Å². The fourth-order valence-corrected chi connectivity index (χ4v) is 7.38. The quantitative estimate of drug-likeness (QED) is 0.113. The molecule has 48 heavy (non-hydrogen) atoms. The zero-order chi connectivity index (χ0) is 33.8. The number of ether oxygens (including phenoxy) is 5. The van der Waals surface area contributed by atoms with Crippen LogP contribution in [0.4, 0.5) is 0 Å². The SMILES string of the molecule is CO[C@@]1(C(C)(C)CSc2ccccc2)O[C@H](C[C@@H](OCc2ccccc2)[C@@H](C)OCc2ccccc2)C[C@@H](OCc2ccccc2)[C@@H]1O. The van der Waals surface area contributed by atoms with Crippen LogP contribution in [0.15, 0.2) is 126 Å². The predicted molar refractivity (Wildman–Crippen MR) is 192 cm³/mol. The number of benzene rings is 4. The summed E-state index contributed by atoms with van der Waals surface area (Å²) >= 11 is 1.72. The molecular weight excluding hydrogens is 621 g/mol. The van der Waals surface area contributed by atoms with Crippen LogP contribution in [-0.4, -0.2) is 54.3 Å². The van der Waals surface area contributed by atoms with E-state index in [1.807, 2.05) is 84.9 Å². The summed E-state index contributed by atoms with van der Waals surface area (Å²) in [6.45, 7) is 7.56. The Labute approximate surface area is 290 Å². The van der Waals surface area contributed by atoms with Gasteiger partial charge in [0.05, 0.1) is 44.2 Å². The molecule has 1 N–H and O–H groups in total. The lowest BCUT2D eigenvalue weighted by Crippen LogP contribution is -2.67. The van der Waals surface area contributed by atoms with Gasteiger partial charge in [-0.1, -0.05) is 123 Å². The first-order valence-corrected chi connectivity index (χ1v) is 17.8. The number of aliphatic hydroxyl groups excluding tert-OH is 1. The van der Waals surface area contributed by atoms with Crippen molar-refractivity contribution in [1.29, 1.82) is 0 Å². The summed E-state index contributed by atoms with van der Waals surface area (Å²) in [6, 6.07) is 40.7. The Morgan fingerprint density at radius 3 is 1.81 bits per heavy atom. The van der Waals surface area contributed by atoms with Gasteiger partial charge < -0.3 is 28.8 Å². The van der Waals surface area contributed by atoms with E-state index in [-0.39, 0.29) is 18.3 Å². The molecule has 4 aromatic carbocycles. The Balaban J connectivity index is 1.39. The van der Waals surface area contributed by atoms with Crippen LogP contribution >= 0.6 is 11.8 Å². The average molecular weight is 671 g/mol. The van der Waals surface area contributed by atoms with E-state index >= 15 is 0 Å². The number of hydrogen-bond acceptors (Lipinski definition) is 7. The third-order valence-corrected chi connectivity index (χ3v) is 10.6. The molecule has 6 atom stereocenters. The molecule has 1 aliphatic heterocycles.